The molecule has 2 rings (SSSR count). The maximum Gasteiger partial charge on any atom is 0.254 e. The largest absolute Gasteiger partial charge is 0.335 e. The smallest absolute Gasteiger partial charge is 0.254 e. The predicted octanol–water partition coefficient (Wildman–Crippen LogP) is 3.31. The van der Waals surface area contributed by atoms with E-state index in [1.807, 2.05) is 51.1 Å². The molecule has 4 nitrogen and oxygen atoms in total. The van der Waals surface area contributed by atoms with E-state index in [0.717, 1.165) is 16.6 Å². The molecule has 108 valence electrons. The van der Waals surface area contributed by atoms with Crippen molar-refractivity contribution >= 4 is 16.8 Å². The first-order valence-electron chi connectivity index (χ1n) is 7.09. The summed E-state index contributed by atoms with van der Waals surface area (Å²) in [7, 11) is 0. The van der Waals surface area contributed by atoms with Crippen LogP contribution in [0.5, 0.6) is 0 Å². The quantitative estimate of drug-likeness (QED) is 0.864. The highest BCUT2D eigenvalue weighted by molar-refractivity contribution is 6.06. The SMILES string of the molecule is Cc1cc(C(=O)N(CCC#N)C(C)C)c2ccccc2n1. The van der Waals surface area contributed by atoms with Gasteiger partial charge in [0.2, 0.25) is 0 Å². The Kier molecular flexibility index (Phi) is 4.54. The van der Waals surface area contributed by atoms with Gasteiger partial charge in [-0.15, -0.1) is 0 Å². The summed E-state index contributed by atoms with van der Waals surface area (Å²) in [4.78, 5) is 19.0. The minimum atomic E-state index is -0.0399. The highest BCUT2D eigenvalue weighted by Crippen LogP contribution is 2.20. The van der Waals surface area contributed by atoms with Crippen LogP contribution >= 0.6 is 0 Å². The van der Waals surface area contributed by atoms with Crippen LogP contribution in [0.2, 0.25) is 0 Å². The van der Waals surface area contributed by atoms with E-state index in [1.165, 1.54) is 0 Å². The van der Waals surface area contributed by atoms with Crippen molar-refractivity contribution in [1.29, 1.82) is 5.26 Å². The monoisotopic (exact) mass is 281 g/mol. The molecule has 21 heavy (non-hydrogen) atoms. The summed E-state index contributed by atoms with van der Waals surface area (Å²) in [5, 5.41) is 9.62. The molecule has 4 heteroatoms. The van der Waals surface area contributed by atoms with Crippen LogP contribution in [0.1, 0.15) is 36.3 Å². The second-order valence-corrected chi connectivity index (χ2v) is 5.33. The lowest BCUT2D eigenvalue weighted by molar-refractivity contribution is 0.0712. The molecule has 2 aromatic rings. The molecule has 0 N–H and O–H groups in total. The number of nitriles is 1. The lowest BCUT2D eigenvalue weighted by Crippen LogP contribution is -2.37. The van der Waals surface area contributed by atoms with Crippen LogP contribution in [-0.2, 0) is 0 Å². The van der Waals surface area contributed by atoms with E-state index in [0.29, 0.717) is 18.5 Å². The van der Waals surface area contributed by atoms with Gasteiger partial charge in [-0.3, -0.25) is 9.78 Å². The van der Waals surface area contributed by atoms with E-state index < -0.39 is 0 Å². The average Bonchev–Trinajstić information content (AvgIpc) is 2.46. The highest BCUT2D eigenvalue weighted by atomic mass is 16.2. The minimum Gasteiger partial charge on any atom is -0.335 e. The summed E-state index contributed by atoms with van der Waals surface area (Å²) < 4.78 is 0. The molecule has 0 aliphatic heterocycles. The van der Waals surface area contributed by atoms with Crippen LogP contribution in [0.25, 0.3) is 10.9 Å². The molecular weight excluding hydrogens is 262 g/mol. The summed E-state index contributed by atoms with van der Waals surface area (Å²) in [6.07, 6.45) is 0.339. The normalized spacial score (nSPS) is 10.6. The lowest BCUT2D eigenvalue weighted by Gasteiger charge is -2.26. The van der Waals surface area contributed by atoms with Gasteiger partial charge in [0.05, 0.1) is 23.6 Å². The number of aromatic nitrogens is 1. The van der Waals surface area contributed by atoms with E-state index in [4.69, 9.17) is 5.26 Å². The van der Waals surface area contributed by atoms with Crippen LogP contribution in [0.3, 0.4) is 0 Å². The van der Waals surface area contributed by atoms with Gasteiger partial charge in [0.15, 0.2) is 0 Å². The van der Waals surface area contributed by atoms with Gasteiger partial charge >= 0.3 is 0 Å². The number of rotatable bonds is 4. The van der Waals surface area contributed by atoms with Crippen molar-refractivity contribution in [3.05, 3.63) is 41.6 Å². The first kappa shape index (κ1) is 15.0. The summed E-state index contributed by atoms with van der Waals surface area (Å²) in [6.45, 7) is 6.26. The molecule has 0 radical (unpaired) electrons. The van der Waals surface area contributed by atoms with Gasteiger partial charge in [0.1, 0.15) is 0 Å². The second kappa shape index (κ2) is 6.36. The number of benzene rings is 1. The fourth-order valence-corrected chi connectivity index (χ4v) is 2.40. The predicted molar refractivity (Wildman–Crippen MR) is 82.9 cm³/mol. The molecule has 1 amide bonds. The number of hydrogen-bond donors (Lipinski definition) is 0. The molecule has 0 bridgehead atoms. The molecule has 0 atom stereocenters. The van der Waals surface area contributed by atoms with Gasteiger partial charge in [-0.25, -0.2) is 0 Å². The van der Waals surface area contributed by atoms with E-state index in [-0.39, 0.29) is 11.9 Å². The summed E-state index contributed by atoms with van der Waals surface area (Å²) >= 11 is 0. The zero-order valence-electron chi connectivity index (χ0n) is 12.6. The number of hydrogen-bond acceptors (Lipinski definition) is 3. The number of nitrogens with zero attached hydrogens (tertiary/aromatic N) is 3. The fourth-order valence-electron chi connectivity index (χ4n) is 2.40. The van der Waals surface area contributed by atoms with Gasteiger partial charge in [-0.05, 0) is 32.9 Å². The first-order valence-corrected chi connectivity index (χ1v) is 7.09. The molecule has 0 fully saturated rings. The number of carbonyl (C=O) groups is 1. The Hall–Kier alpha value is -2.41. The Labute approximate surface area is 125 Å². The van der Waals surface area contributed by atoms with Crippen LogP contribution in [0.15, 0.2) is 30.3 Å². The fraction of sp³-hybridized carbons (Fsp3) is 0.353. The Morgan fingerprint density at radius 2 is 2.10 bits per heavy atom. The van der Waals surface area contributed by atoms with Gasteiger partial charge in [-0.2, -0.15) is 5.26 Å². The van der Waals surface area contributed by atoms with Crippen LogP contribution < -0.4 is 0 Å². The van der Waals surface area contributed by atoms with E-state index in [1.54, 1.807) is 4.90 Å². The molecule has 0 spiro atoms. The lowest BCUT2D eigenvalue weighted by atomic mass is 10.1. The van der Waals surface area contributed by atoms with E-state index in [9.17, 15) is 4.79 Å². The topological polar surface area (TPSA) is 57.0 Å². The molecular formula is C17H19N3O. The van der Waals surface area contributed by atoms with Crippen molar-refractivity contribution in [3.8, 4) is 6.07 Å². The van der Waals surface area contributed by atoms with Gasteiger partial charge in [0, 0.05) is 23.7 Å². The van der Waals surface area contributed by atoms with E-state index in [2.05, 4.69) is 11.1 Å². The van der Waals surface area contributed by atoms with Crippen molar-refractivity contribution in [2.75, 3.05) is 6.54 Å². The average molecular weight is 281 g/mol. The number of aryl methyl sites for hydroxylation is 1. The highest BCUT2D eigenvalue weighted by Gasteiger charge is 2.21. The molecule has 0 saturated carbocycles. The van der Waals surface area contributed by atoms with Gasteiger partial charge in [-0.1, -0.05) is 18.2 Å². The third kappa shape index (κ3) is 3.19. The first-order chi connectivity index (χ1) is 10.0. The Morgan fingerprint density at radius 1 is 1.38 bits per heavy atom. The molecule has 0 aliphatic rings. The second-order valence-electron chi connectivity index (χ2n) is 5.33. The Balaban J connectivity index is 2.49. The van der Waals surface area contributed by atoms with E-state index >= 15 is 0 Å². The third-order valence-electron chi connectivity index (χ3n) is 3.42. The summed E-state index contributed by atoms with van der Waals surface area (Å²) in [5.74, 6) is -0.0399. The van der Waals surface area contributed by atoms with Crippen molar-refractivity contribution in [3.63, 3.8) is 0 Å². The molecule has 0 saturated heterocycles. The zero-order valence-corrected chi connectivity index (χ0v) is 12.6. The third-order valence-corrected chi connectivity index (χ3v) is 3.42. The molecule has 1 aromatic carbocycles. The van der Waals surface area contributed by atoms with Crippen molar-refractivity contribution < 1.29 is 4.79 Å². The van der Waals surface area contributed by atoms with Crippen molar-refractivity contribution in [2.45, 2.75) is 33.2 Å². The van der Waals surface area contributed by atoms with Gasteiger partial charge < -0.3 is 4.90 Å². The van der Waals surface area contributed by atoms with Crippen LogP contribution in [-0.4, -0.2) is 28.4 Å². The number of amides is 1. The van der Waals surface area contributed by atoms with Gasteiger partial charge in [0.25, 0.3) is 5.91 Å². The Morgan fingerprint density at radius 3 is 2.76 bits per heavy atom. The van der Waals surface area contributed by atoms with Crippen molar-refractivity contribution in [2.24, 2.45) is 0 Å². The standard InChI is InChI=1S/C17H19N3O/c1-12(2)20(10-6-9-18)17(21)15-11-13(3)19-16-8-5-4-7-14(15)16/h4-5,7-8,11-12H,6,10H2,1-3H3. The summed E-state index contributed by atoms with van der Waals surface area (Å²) in [6, 6.07) is 11.6. The Bertz CT molecular complexity index is 701. The number of pyridine rings is 1. The maximum atomic E-state index is 12.8. The summed E-state index contributed by atoms with van der Waals surface area (Å²) in [5.41, 5.74) is 2.30. The maximum absolute atomic E-state index is 12.8. The van der Waals surface area contributed by atoms with Crippen LogP contribution in [0, 0.1) is 18.3 Å². The molecule has 1 heterocycles. The molecule has 0 aliphatic carbocycles. The zero-order chi connectivity index (χ0) is 15.4. The van der Waals surface area contributed by atoms with Crippen LogP contribution in [0.4, 0.5) is 0 Å². The van der Waals surface area contributed by atoms with Crippen molar-refractivity contribution in [1.82, 2.24) is 9.88 Å². The minimum absolute atomic E-state index is 0.0399. The number of para-hydroxylation sites is 1. The molecule has 1 aromatic heterocycles. The number of carbonyl (C=O) groups excluding carboxylic acids is 1. The molecule has 0 unspecified atom stereocenters. The number of fused-ring (bicyclic) bond motifs is 1.